The largest absolute Gasteiger partial charge is 0.481 e. The summed E-state index contributed by atoms with van der Waals surface area (Å²) in [6.45, 7) is 2.29. The third-order valence-electron chi connectivity index (χ3n) is 3.45. The van der Waals surface area contributed by atoms with Crippen LogP contribution in [0.3, 0.4) is 0 Å². The van der Waals surface area contributed by atoms with Crippen molar-refractivity contribution in [2.75, 3.05) is 6.54 Å². The third-order valence-corrected chi connectivity index (χ3v) is 3.45. The maximum absolute atomic E-state index is 12.0. The Kier molecular flexibility index (Phi) is 5.12. The van der Waals surface area contributed by atoms with Crippen molar-refractivity contribution in [1.29, 1.82) is 0 Å². The molecule has 1 heterocycles. The number of amides is 1. The topological polar surface area (TPSA) is 78.4 Å². The van der Waals surface area contributed by atoms with Crippen molar-refractivity contribution in [1.82, 2.24) is 10.6 Å². The van der Waals surface area contributed by atoms with E-state index in [1.165, 1.54) is 11.1 Å². The van der Waals surface area contributed by atoms with Crippen LogP contribution in [0.2, 0.25) is 0 Å². The number of nitrogens with one attached hydrogen (secondary N) is 2. The van der Waals surface area contributed by atoms with Gasteiger partial charge in [-0.1, -0.05) is 12.5 Å². The quantitative estimate of drug-likeness (QED) is 0.662. The molecule has 1 aliphatic rings. The van der Waals surface area contributed by atoms with E-state index in [-0.39, 0.29) is 12.3 Å². The fourth-order valence-electron chi connectivity index (χ4n) is 2.32. The van der Waals surface area contributed by atoms with Crippen LogP contribution in [-0.4, -0.2) is 23.5 Å². The number of unbranched alkanes of at least 4 members (excludes halogenated alkanes) is 2. The SMILES string of the molecule is O=C(O)CCCCCNC(=O)c1ccc2c(c1)CNC2. The first-order valence-corrected chi connectivity index (χ1v) is 6.99. The van der Waals surface area contributed by atoms with Crippen molar-refractivity contribution in [2.45, 2.75) is 38.8 Å². The average Bonchev–Trinajstić information content (AvgIpc) is 2.89. The first-order chi connectivity index (χ1) is 9.66. The predicted octanol–water partition coefficient (Wildman–Crippen LogP) is 1.66. The van der Waals surface area contributed by atoms with E-state index in [1.807, 2.05) is 18.2 Å². The summed E-state index contributed by atoms with van der Waals surface area (Å²) in [7, 11) is 0. The monoisotopic (exact) mass is 276 g/mol. The molecule has 108 valence electrons. The maximum atomic E-state index is 12.0. The van der Waals surface area contributed by atoms with Gasteiger partial charge in [0, 0.05) is 31.6 Å². The fourth-order valence-corrected chi connectivity index (χ4v) is 2.32. The van der Waals surface area contributed by atoms with Crippen LogP contribution in [0.4, 0.5) is 0 Å². The molecule has 5 nitrogen and oxygen atoms in total. The average molecular weight is 276 g/mol. The zero-order valence-electron chi connectivity index (χ0n) is 11.4. The van der Waals surface area contributed by atoms with Crippen molar-refractivity contribution in [3.05, 3.63) is 34.9 Å². The molecule has 20 heavy (non-hydrogen) atoms. The molecule has 1 aromatic rings. The summed E-state index contributed by atoms with van der Waals surface area (Å²) in [6, 6.07) is 5.79. The van der Waals surface area contributed by atoms with Gasteiger partial charge in [0.1, 0.15) is 0 Å². The molecule has 5 heteroatoms. The lowest BCUT2D eigenvalue weighted by Gasteiger charge is -2.06. The number of fused-ring (bicyclic) bond motifs is 1. The standard InChI is InChI=1S/C15H20N2O3/c18-14(19)4-2-1-3-7-17-15(20)11-5-6-12-9-16-10-13(12)8-11/h5-6,8,16H,1-4,7,9-10H2,(H,17,20)(H,18,19). The second-order valence-corrected chi connectivity index (χ2v) is 5.05. The van der Waals surface area contributed by atoms with Crippen LogP contribution in [-0.2, 0) is 17.9 Å². The highest BCUT2D eigenvalue weighted by Crippen LogP contribution is 2.16. The lowest BCUT2D eigenvalue weighted by atomic mass is 10.1. The molecule has 1 aromatic carbocycles. The van der Waals surface area contributed by atoms with Gasteiger partial charge in [0.15, 0.2) is 0 Å². The van der Waals surface area contributed by atoms with E-state index in [2.05, 4.69) is 10.6 Å². The number of hydrogen-bond donors (Lipinski definition) is 3. The van der Waals surface area contributed by atoms with Crippen LogP contribution in [0.5, 0.6) is 0 Å². The van der Waals surface area contributed by atoms with Gasteiger partial charge in [0.05, 0.1) is 0 Å². The molecule has 0 atom stereocenters. The zero-order valence-corrected chi connectivity index (χ0v) is 11.4. The number of aliphatic carboxylic acids is 1. The highest BCUT2D eigenvalue weighted by Gasteiger charge is 2.12. The molecular formula is C15H20N2O3. The Hall–Kier alpha value is -1.88. The lowest BCUT2D eigenvalue weighted by Crippen LogP contribution is -2.24. The van der Waals surface area contributed by atoms with Crippen molar-refractivity contribution in [3.63, 3.8) is 0 Å². The number of hydrogen-bond acceptors (Lipinski definition) is 3. The second-order valence-electron chi connectivity index (χ2n) is 5.05. The summed E-state index contributed by atoms with van der Waals surface area (Å²) >= 11 is 0. The Bertz CT molecular complexity index is 500. The molecule has 0 saturated carbocycles. The minimum atomic E-state index is -0.763. The van der Waals surface area contributed by atoms with Gasteiger partial charge < -0.3 is 15.7 Å². The van der Waals surface area contributed by atoms with Crippen LogP contribution in [0.25, 0.3) is 0 Å². The lowest BCUT2D eigenvalue weighted by molar-refractivity contribution is -0.137. The minimum Gasteiger partial charge on any atom is -0.481 e. The number of carboxylic acid groups (broad SMARTS) is 1. The minimum absolute atomic E-state index is 0.0575. The van der Waals surface area contributed by atoms with E-state index in [9.17, 15) is 9.59 Å². The zero-order chi connectivity index (χ0) is 14.4. The summed E-state index contributed by atoms with van der Waals surface area (Å²) in [6.07, 6.45) is 2.49. The molecule has 0 fully saturated rings. The van der Waals surface area contributed by atoms with Crippen molar-refractivity contribution >= 4 is 11.9 Å². The van der Waals surface area contributed by atoms with Crippen LogP contribution in [0.1, 0.15) is 47.2 Å². The van der Waals surface area contributed by atoms with Crippen molar-refractivity contribution < 1.29 is 14.7 Å². The molecule has 1 amide bonds. The fraction of sp³-hybridized carbons (Fsp3) is 0.467. The molecule has 3 N–H and O–H groups in total. The Labute approximate surface area is 118 Å². The predicted molar refractivity (Wildman–Crippen MR) is 75.4 cm³/mol. The summed E-state index contributed by atoms with van der Waals surface area (Å²) in [4.78, 5) is 22.3. The molecule has 0 saturated heterocycles. The van der Waals surface area contributed by atoms with Crippen LogP contribution >= 0.6 is 0 Å². The Morgan fingerprint density at radius 2 is 1.95 bits per heavy atom. The molecule has 0 radical (unpaired) electrons. The number of carbonyl (C=O) groups excluding carboxylic acids is 1. The molecular weight excluding hydrogens is 256 g/mol. The van der Waals surface area contributed by atoms with Crippen LogP contribution < -0.4 is 10.6 Å². The van der Waals surface area contributed by atoms with E-state index < -0.39 is 5.97 Å². The summed E-state index contributed by atoms with van der Waals surface area (Å²) in [5.74, 6) is -0.821. The van der Waals surface area contributed by atoms with Gasteiger partial charge in [0.25, 0.3) is 5.91 Å². The van der Waals surface area contributed by atoms with E-state index in [0.717, 1.165) is 25.9 Å². The molecule has 0 bridgehead atoms. The van der Waals surface area contributed by atoms with E-state index in [4.69, 9.17) is 5.11 Å². The number of carboxylic acids is 1. The Morgan fingerprint density at radius 1 is 1.15 bits per heavy atom. The summed E-state index contributed by atoms with van der Waals surface area (Å²) in [5.41, 5.74) is 3.15. The smallest absolute Gasteiger partial charge is 0.303 e. The third kappa shape index (κ3) is 4.06. The number of carbonyl (C=O) groups is 2. The van der Waals surface area contributed by atoms with Gasteiger partial charge in [0.2, 0.25) is 0 Å². The number of rotatable bonds is 7. The number of benzene rings is 1. The first kappa shape index (κ1) is 14.5. The molecule has 0 aromatic heterocycles. The Balaban J connectivity index is 1.71. The maximum Gasteiger partial charge on any atom is 0.303 e. The Morgan fingerprint density at radius 3 is 2.75 bits per heavy atom. The van der Waals surface area contributed by atoms with Gasteiger partial charge in [-0.15, -0.1) is 0 Å². The first-order valence-electron chi connectivity index (χ1n) is 6.99. The highest BCUT2D eigenvalue weighted by atomic mass is 16.4. The van der Waals surface area contributed by atoms with Gasteiger partial charge in [-0.2, -0.15) is 0 Å². The van der Waals surface area contributed by atoms with E-state index in [0.29, 0.717) is 18.5 Å². The van der Waals surface area contributed by atoms with Crippen LogP contribution in [0.15, 0.2) is 18.2 Å². The van der Waals surface area contributed by atoms with Crippen LogP contribution in [0, 0.1) is 0 Å². The van der Waals surface area contributed by atoms with Crippen molar-refractivity contribution in [3.8, 4) is 0 Å². The van der Waals surface area contributed by atoms with Gasteiger partial charge in [-0.3, -0.25) is 9.59 Å². The molecule has 2 rings (SSSR count). The molecule has 1 aliphatic heterocycles. The highest BCUT2D eigenvalue weighted by molar-refractivity contribution is 5.94. The summed E-state index contributed by atoms with van der Waals surface area (Å²) in [5, 5.41) is 14.6. The molecule has 0 unspecified atom stereocenters. The molecule has 0 spiro atoms. The normalized spacial score (nSPS) is 13.0. The summed E-state index contributed by atoms with van der Waals surface area (Å²) < 4.78 is 0. The second kappa shape index (κ2) is 7.05. The van der Waals surface area contributed by atoms with Crippen molar-refractivity contribution in [2.24, 2.45) is 0 Å². The van der Waals surface area contributed by atoms with E-state index >= 15 is 0 Å². The van der Waals surface area contributed by atoms with Gasteiger partial charge in [-0.25, -0.2) is 0 Å². The van der Waals surface area contributed by atoms with E-state index in [1.54, 1.807) is 0 Å². The molecule has 0 aliphatic carbocycles. The van der Waals surface area contributed by atoms with Gasteiger partial charge in [-0.05, 0) is 36.1 Å². The van der Waals surface area contributed by atoms with Gasteiger partial charge >= 0.3 is 5.97 Å².